The number of carbonyl (C=O) groups is 1. The molecule has 2 aromatic rings. The van der Waals surface area contributed by atoms with Gasteiger partial charge in [0.2, 0.25) is 5.96 Å². The molecule has 12 heteroatoms. The highest BCUT2D eigenvalue weighted by atomic mass is 32.2. The number of nitrogens with one attached hydrogen (secondary N) is 2. The van der Waals surface area contributed by atoms with Gasteiger partial charge in [0, 0.05) is 12.2 Å². The average Bonchev–Trinajstić information content (AvgIpc) is 2.74. The maximum atomic E-state index is 12.9. The van der Waals surface area contributed by atoms with Gasteiger partial charge in [0.15, 0.2) is 6.29 Å². The van der Waals surface area contributed by atoms with Crippen LogP contribution in [0.3, 0.4) is 0 Å². The van der Waals surface area contributed by atoms with Crippen molar-refractivity contribution in [3.8, 4) is 0 Å². The number of sulfonamides is 1. The van der Waals surface area contributed by atoms with Crippen molar-refractivity contribution in [2.45, 2.75) is 31.3 Å². The topological polar surface area (TPSA) is 171 Å². The minimum absolute atomic E-state index is 0.0261. The fourth-order valence-corrected chi connectivity index (χ4v) is 3.81. The lowest BCUT2D eigenvalue weighted by molar-refractivity contribution is -0.111. The maximum Gasteiger partial charge on any atom is 0.276 e. The van der Waals surface area contributed by atoms with Gasteiger partial charge in [-0.3, -0.25) is 24.2 Å². The molecule has 0 aliphatic carbocycles. The number of anilines is 1. The van der Waals surface area contributed by atoms with E-state index in [-0.39, 0.29) is 29.7 Å². The van der Waals surface area contributed by atoms with Gasteiger partial charge in [-0.1, -0.05) is 19.1 Å². The molecule has 0 saturated carbocycles. The van der Waals surface area contributed by atoms with Crippen molar-refractivity contribution in [2.24, 2.45) is 16.6 Å². The van der Waals surface area contributed by atoms with Crippen molar-refractivity contribution in [3.05, 3.63) is 58.0 Å². The molecule has 0 radical (unpaired) electrons. The van der Waals surface area contributed by atoms with E-state index in [0.717, 1.165) is 16.6 Å². The average molecular weight is 451 g/mol. The SMILES string of the molecule is CCc1ccc(S(=O)(=O)Nc2ccc(C)n(C(C=O)NCCON=C(N)N)c2=O)cc1. The Labute approximate surface area is 180 Å². The Kier molecular flexibility index (Phi) is 8.16. The summed E-state index contributed by atoms with van der Waals surface area (Å²) >= 11 is 0. The number of oxime groups is 1. The Morgan fingerprint density at radius 3 is 2.48 bits per heavy atom. The molecule has 0 saturated heterocycles. The van der Waals surface area contributed by atoms with Crippen molar-refractivity contribution < 1.29 is 18.0 Å². The predicted octanol–water partition coefficient (Wildman–Crippen LogP) is 0.0120. The van der Waals surface area contributed by atoms with Crippen LogP contribution < -0.4 is 27.1 Å². The number of nitrogens with two attached hydrogens (primary N) is 2. The zero-order valence-electron chi connectivity index (χ0n) is 17.2. The summed E-state index contributed by atoms with van der Waals surface area (Å²) in [4.78, 5) is 29.4. The number of pyridine rings is 1. The molecule has 0 aliphatic rings. The fourth-order valence-electron chi connectivity index (χ4n) is 2.75. The van der Waals surface area contributed by atoms with Crippen molar-refractivity contribution >= 4 is 28.0 Å². The fraction of sp³-hybridized carbons (Fsp3) is 0.316. The molecule has 2 rings (SSSR count). The number of hydrogen-bond donors (Lipinski definition) is 4. The van der Waals surface area contributed by atoms with Crippen LogP contribution in [0.25, 0.3) is 0 Å². The highest BCUT2D eigenvalue weighted by Gasteiger charge is 2.20. The first kappa shape index (κ1) is 23.9. The van der Waals surface area contributed by atoms with E-state index in [4.69, 9.17) is 16.3 Å². The van der Waals surface area contributed by atoms with Crippen molar-refractivity contribution in [3.63, 3.8) is 0 Å². The number of benzene rings is 1. The summed E-state index contributed by atoms with van der Waals surface area (Å²) in [5, 5.41) is 6.17. The summed E-state index contributed by atoms with van der Waals surface area (Å²) in [5.41, 5.74) is 10.9. The number of guanidine groups is 1. The van der Waals surface area contributed by atoms with Gasteiger partial charge in [-0.2, -0.15) is 0 Å². The number of carbonyl (C=O) groups excluding carboxylic acids is 1. The molecule has 1 aromatic carbocycles. The number of aldehydes is 1. The van der Waals surface area contributed by atoms with E-state index in [9.17, 15) is 18.0 Å². The minimum atomic E-state index is -3.99. The lowest BCUT2D eigenvalue weighted by Gasteiger charge is -2.19. The first-order valence-corrected chi connectivity index (χ1v) is 10.9. The molecule has 0 amide bonds. The highest BCUT2D eigenvalue weighted by molar-refractivity contribution is 7.92. The quantitative estimate of drug-likeness (QED) is 0.122. The first-order valence-electron chi connectivity index (χ1n) is 9.43. The Balaban J connectivity index is 2.24. The Morgan fingerprint density at radius 1 is 1.23 bits per heavy atom. The van der Waals surface area contributed by atoms with E-state index in [0.29, 0.717) is 12.0 Å². The van der Waals surface area contributed by atoms with E-state index in [1.807, 2.05) is 6.92 Å². The van der Waals surface area contributed by atoms with Crippen molar-refractivity contribution in [2.75, 3.05) is 17.9 Å². The summed E-state index contributed by atoms with van der Waals surface area (Å²) in [7, 11) is -3.99. The first-order chi connectivity index (χ1) is 14.7. The summed E-state index contributed by atoms with van der Waals surface area (Å²) in [6, 6.07) is 9.25. The summed E-state index contributed by atoms with van der Waals surface area (Å²) < 4.78 is 28.8. The van der Waals surface area contributed by atoms with E-state index in [1.54, 1.807) is 19.1 Å². The van der Waals surface area contributed by atoms with Crippen LogP contribution in [-0.2, 0) is 26.1 Å². The van der Waals surface area contributed by atoms with Crippen LogP contribution in [-0.4, -0.2) is 38.4 Å². The molecule has 1 aromatic heterocycles. The molecular formula is C19H26N6O5S. The Morgan fingerprint density at radius 2 is 1.90 bits per heavy atom. The van der Waals surface area contributed by atoms with Gasteiger partial charge in [-0.25, -0.2) is 8.42 Å². The van der Waals surface area contributed by atoms with E-state index in [1.165, 1.54) is 24.3 Å². The van der Waals surface area contributed by atoms with Crippen LogP contribution in [0.5, 0.6) is 0 Å². The number of aromatic nitrogens is 1. The van der Waals surface area contributed by atoms with Crippen LogP contribution in [0.2, 0.25) is 0 Å². The highest BCUT2D eigenvalue weighted by Crippen LogP contribution is 2.16. The van der Waals surface area contributed by atoms with Gasteiger partial charge >= 0.3 is 0 Å². The summed E-state index contributed by atoms with van der Waals surface area (Å²) in [6.45, 7) is 3.76. The third-order valence-corrected chi connectivity index (χ3v) is 5.71. The van der Waals surface area contributed by atoms with Gasteiger partial charge in [-0.15, -0.1) is 0 Å². The van der Waals surface area contributed by atoms with Crippen LogP contribution in [0.15, 0.2) is 51.2 Å². The molecular weight excluding hydrogens is 424 g/mol. The predicted molar refractivity (Wildman–Crippen MR) is 117 cm³/mol. The molecule has 0 bridgehead atoms. The molecule has 31 heavy (non-hydrogen) atoms. The molecule has 0 aliphatic heterocycles. The second kappa shape index (κ2) is 10.6. The second-order valence-corrected chi connectivity index (χ2v) is 8.23. The standard InChI is InChI=1S/C19H26N6O5S/c1-3-14-5-7-15(8-6-14)31(28,29)24-16-9-4-13(2)25(18(16)27)17(12-26)22-10-11-30-23-19(20)21/h4-9,12,17,22,24H,3,10-11H2,1-2H3,(H4,20,21,23). The van der Waals surface area contributed by atoms with Gasteiger partial charge in [-0.05, 0) is 48.3 Å². The van der Waals surface area contributed by atoms with E-state index < -0.39 is 21.7 Å². The van der Waals surface area contributed by atoms with Gasteiger partial charge in [0.1, 0.15) is 18.5 Å². The molecule has 168 valence electrons. The second-order valence-electron chi connectivity index (χ2n) is 6.55. The number of hydrogen-bond acceptors (Lipinski definition) is 7. The Hall–Kier alpha value is -3.38. The van der Waals surface area contributed by atoms with Gasteiger partial charge < -0.3 is 16.3 Å². The van der Waals surface area contributed by atoms with E-state index in [2.05, 4.69) is 15.2 Å². The van der Waals surface area contributed by atoms with Crippen LogP contribution in [0.1, 0.15) is 24.3 Å². The number of nitrogens with zero attached hydrogens (tertiary/aromatic N) is 2. The molecule has 1 atom stereocenters. The molecule has 1 unspecified atom stereocenters. The molecule has 0 spiro atoms. The van der Waals surface area contributed by atoms with Crippen LogP contribution >= 0.6 is 0 Å². The monoisotopic (exact) mass is 450 g/mol. The van der Waals surface area contributed by atoms with Gasteiger partial charge in [0.05, 0.1) is 4.90 Å². The van der Waals surface area contributed by atoms with E-state index >= 15 is 0 Å². The smallest absolute Gasteiger partial charge is 0.276 e. The minimum Gasteiger partial charge on any atom is -0.392 e. The summed E-state index contributed by atoms with van der Waals surface area (Å²) in [5.74, 6) is -0.247. The molecule has 6 N–H and O–H groups in total. The number of aryl methyl sites for hydroxylation is 2. The molecule has 11 nitrogen and oxygen atoms in total. The Bertz CT molecular complexity index is 1090. The maximum absolute atomic E-state index is 12.9. The third kappa shape index (κ3) is 6.30. The lowest BCUT2D eigenvalue weighted by Crippen LogP contribution is -2.39. The summed E-state index contributed by atoms with van der Waals surface area (Å²) in [6.07, 6.45) is 0.244. The molecule has 0 fully saturated rings. The third-order valence-electron chi connectivity index (χ3n) is 4.33. The zero-order valence-corrected chi connectivity index (χ0v) is 18.1. The largest absolute Gasteiger partial charge is 0.392 e. The van der Waals surface area contributed by atoms with Crippen LogP contribution in [0.4, 0.5) is 5.69 Å². The number of rotatable bonds is 11. The van der Waals surface area contributed by atoms with Crippen LogP contribution in [0, 0.1) is 6.92 Å². The van der Waals surface area contributed by atoms with Gasteiger partial charge in [0.25, 0.3) is 15.6 Å². The lowest BCUT2D eigenvalue weighted by atomic mass is 10.2. The normalized spacial score (nSPS) is 12.1. The van der Waals surface area contributed by atoms with Crippen molar-refractivity contribution in [1.29, 1.82) is 0 Å². The zero-order chi connectivity index (χ0) is 23.0. The van der Waals surface area contributed by atoms with Crippen molar-refractivity contribution in [1.82, 2.24) is 9.88 Å². The molecule has 1 heterocycles.